The molecule has 0 saturated carbocycles. The van der Waals surface area contributed by atoms with Gasteiger partial charge in [-0.1, -0.05) is 0 Å². The summed E-state index contributed by atoms with van der Waals surface area (Å²) in [5, 5.41) is 8.49. The summed E-state index contributed by atoms with van der Waals surface area (Å²) >= 11 is 0. The molecule has 1 heterocycles. The largest absolute Gasteiger partial charge is 0.465 e. The second kappa shape index (κ2) is 3.04. The molecule has 64 valence electrons. The van der Waals surface area contributed by atoms with Crippen molar-refractivity contribution in [3.63, 3.8) is 0 Å². The SMILES string of the molecule is N[C@@H]1CN(C(=O)O)CC[C@H]1F. The van der Waals surface area contributed by atoms with E-state index in [-0.39, 0.29) is 19.5 Å². The van der Waals surface area contributed by atoms with E-state index in [1.165, 1.54) is 0 Å². The molecule has 0 aromatic carbocycles. The number of likely N-dealkylation sites (tertiary alicyclic amines) is 1. The standard InChI is InChI=1S/C6H11FN2O2/c7-4-1-2-9(6(10)11)3-5(4)8/h4-5H,1-3,8H2,(H,10,11)/t4-,5-/m1/s1. The first-order chi connectivity index (χ1) is 5.11. The van der Waals surface area contributed by atoms with E-state index in [1.54, 1.807) is 0 Å². The molecule has 0 aromatic rings. The highest BCUT2D eigenvalue weighted by atomic mass is 19.1. The average molecular weight is 162 g/mol. The Labute approximate surface area is 63.8 Å². The normalized spacial score (nSPS) is 32.0. The molecular weight excluding hydrogens is 151 g/mol. The molecule has 3 N–H and O–H groups in total. The van der Waals surface area contributed by atoms with Gasteiger partial charge in [-0.25, -0.2) is 9.18 Å². The summed E-state index contributed by atoms with van der Waals surface area (Å²) in [6.07, 6.45) is -1.86. The van der Waals surface area contributed by atoms with E-state index in [9.17, 15) is 9.18 Å². The van der Waals surface area contributed by atoms with Crippen LogP contribution < -0.4 is 5.73 Å². The summed E-state index contributed by atoms with van der Waals surface area (Å²) in [5.41, 5.74) is 5.33. The van der Waals surface area contributed by atoms with E-state index in [0.29, 0.717) is 0 Å². The average Bonchev–Trinajstić information content (AvgIpc) is 1.94. The number of hydrogen-bond donors (Lipinski definition) is 2. The van der Waals surface area contributed by atoms with Crippen LogP contribution in [0.5, 0.6) is 0 Å². The van der Waals surface area contributed by atoms with Crippen molar-refractivity contribution >= 4 is 6.09 Å². The molecule has 1 aliphatic heterocycles. The van der Waals surface area contributed by atoms with Gasteiger partial charge in [0.05, 0.1) is 6.04 Å². The lowest BCUT2D eigenvalue weighted by Crippen LogP contribution is -2.51. The molecule has 0 unspecified atom stereocenters. The lowest BCUT2D eigenvalue weighted by Gasteiger charge is -2.30. The van der Waals surface area contributed by atoms with Gasteiger partial charge >= 0.3 is 6.09 Å². The molecule has 1 aliphatic rings. The Kier molecular flexibility index (Phi) is 2.28. The third kappa shape index (κ3) is 1.80. The Morgan fingerprint density at radius 3 is 2.82 bits per heavy atom. The van der Waals surface area contributed by atoms with Crippen molar-refractivity contribution in [1.82, 2.24) is 4.90 Å². The molecule has 0 spiro atoms. The third-order valence-corrected chi connectivity index (χ3v) is 1.84. The summed E-state index contributed by atoms with van der Waals surface area (Å²) in [5.74, 6) is 0. The zero-order valence-corrected chi connectivity index (χ0v) is 6.03. The highest BCUT2D eigenvalue weighted by molar-refractivity contribution is 5.65. The summed E-state index contributed by atoms with van der Waals surface area (Å²) in [6.45, 7) is 0.362. The van der Waals surface area contributed by atoms with Crippen LogP contribution in [0.3, 0.4) is 0 Å². The smallest absolute Gasteiger partial charge is 0.407 e. The van der Waals surface area contributed by atoms with Gasteiger partial charge in [0, 0.05) is 13.1 Å². The van der Waals surface area contributed by atoms with E-state index in [2.05, 4.69) is 0 Å². The molecule has 2 atom stereocenters. The number of hydrogen-bond acceptors (Lipinski definition) is 2. The first kappa shape index (κ1) is 8.26. The van der Waals surface area contributed by atoms with Gasteiger partial charge in [0.25, 0.3) is 0 Å². The fraction of sp³-hybridized carbons (Fsp3) is 0.833. The molecule has 0 aliphatic carbocycles. The van der Waals surface area contributed by atoms with Crippen molar-refractivity contribution in [1.29, 1.82) is 0 Å². The minimum absolute atomic E-state index is 0.108. The van der Waals surface area contributed by atoms with Crippen molar-refractivity contribution in [2.75, 3.05) is 13.1 Å². The minimum atomic E-state index is -1.05. The number of halogens is 1. The van der Waals surface area contributed by atoms with Crippen LogP contribution in [0.4, 0.5) is 9.18 Å². The fourth-order valence-corrected chi connectivity index (χ4v) is 1.13. The van der Waals surface area contributed by atoms with Crippen LogP contribution in [0.2, 0.25) is 0 Å². The monoisotopic (exact) mass is 162 g/mol. The molecule has 1 fully saturated rings. The van der Waals surface area contributed by atoms with Gasteiger partial charge in [-0.3, -0.25) is 0 Å². The van der Waals surface area contributed by atoms with Crippen LogP contribution in [0.1, 0.15) is 6.42 Å². The van der Waals surface area contributed by atoms with E-state index in [1.807, 2.05) is 0 Å². The minimum Gasteiger partial charge on any atom is -0.465 e. The summed E-state index contributed by atoms with van der Waals surface area (Å²) in [6, 6.07) is -0.653. The first-order valence-corrected chi connectivity index (χ1v) is 3.49. The van der Waals surface area contributed by atoms with Crippen molar-refractivity contribution in [3.05, 3.63) is 0 Å². The van der Waals surface area contributed by atoms with Crippen molar-refractivity contribution in [2.45, 2.75) is 18.6 Å². The maximum absolute atomic E-state index is 12.7. The van der Waals surface area contributed by atoms with Crippen LogP contribution in [-0.2, 0) is 0 Å². The number of carbonyl (C=O) groups is 1. The second-order valence-corrected chi connectivity index (χ2v) is 2.70. The van der Waals surface area contributed by atoms with Gasteiger partial charge in [0.2, 0.25) is 0 Å². The fourth-order valence-electron chi connectivity index (χ4n) is 1.13. The number of alkyl halides is 1. The van der Waals surface area contributed by atoms with E-state index in [0.717, 1.165) is 4.90 Å². The molecule has 0 radical (unpaired) electrons. The Hall–Kier alpha value is -0.840. The van der Waals surface area contributed by atoms with Crippen LogP contribution >= 0.6 is 0 Å². The highest BCUT2D eigenvalue weighted by Gasteiger charge is 2.28. The maximum atomic E-state index is 12.7. The van der Waals surface area contributed by atoms with Crippen molar-refractivity contribution in [2.24, 2.45) is 5.73 Å². The summed E-state index contributed by atoms with van der Waals surface area (Å²) < 4.78 is 12.7. The number of nitrogens with two attached hydrogens (primary N) is 1. The second-order valence-electron chi connectivity index (χ2n) is 2.70. The van der Waals surface area contributed by atoms with Crippen molar-refractivity contribution in [3.8, 4) is 0 Å². The molecule has 5 heteroatoms. The molecule has 1 saturated heterocycles. The Morgan fingerprint density at radius 1 is 1.73 bits per heavy atom. The Balaban J connectivity index is 2.46. The van der Waals surface area contributed by atoms with Gasteiger partial charge in [-0.15, -0.1) is 0 Å². The Bertz CT molecular complexity index is 165. The molecule has 1 rings (SSSR count). The highest BCUT2D eigenvalue weighted by Crippen LogP contribution is 2.12. The van der Waals surface area contributed by atoms with Gasteiger partial charge in [0.1, 0.15) is 6.17 Å². The molecule has 1 amide bonds. The number of piperidine rings is 1. The summed E-state index contributed by atoms with van der Waals surface area (Å²) in [4.78, 5) is 11.5. The number of rotatable bonds is 0. The molecule has 0 bridgehead atoms. The quantitative estimate of drug-likeness (QED) is 0.528. The number of amides is 1. The van der Waals surface area contributed by atoms with E-state index >= 15 is 0 Å². The van der Waals surface area contributed by atoms with Gasteiger partial charge in [-0.2, -0.15) is 0 Å². The molecule has 11 heavy (non-hydrogen) atoms. The van der Waals surface area contributed by atoms with Crippen LogP contribution in [0, 0.1) is 0 Å². The Morgan fingerprint density at radius 2 is 2.36 bits per heavy atom. The van der Waals surface area contributed by atoms with Crippen LogP contribution in [0.25, 0.3) is 0 Å². The zero-order valence-electron chi connectivity index (χ0n) is 6.03. The summed E-state index contributed by atoms with van der Waals surface area (Å²) in [7, 11) is 0. The number of carboxylic acid groups (broad SMARTS) is 1. The number of nitrogens with zero attached hydrogens (tertiary/aromatic N) is 1. The van der Waals surface area contributed by atoms with E-state index < -0.39 is 18.3 Å². The molecular formula is C6H11FN2O2. The van der Waals surface area contributed by atoms with Crippen LogP contribution in [0.15, 0.2) is 0 Å². The van der Waals surface area contributed by atoms with Crippen molar-refractivity contribution < 1.29 is 14.3 Å². The predicted octanol–water partition coefficient (Wildman–Crippen LogP) is 0.0355. The molecule has 4 nitrogen and oxygen atoms in total. The maximum Gasteiger partial charge on any atom is 0.407 e. The van der Waals surface area contributed by atoms with E-state index in [4.69, 9.17) is 10.8 Å². The van der Waals surface area contributed by atoms with Gasteiger partial charge in [-0.05, 0) is 6.42 Å². The van der Waals surface area contributed by atoms with Gasteiger partial charge < -0.3 is 15.7 Å². The topological polar surface area (TPSA) is 66.6 Å². The van der Waals surface area contributed by atoms with Gasteiger partial charge in [0.15, 0.2) is 0 Å². The predicted molar refractivity (Wildman–Crippen MR) is 37.1 cm³/mol. The zero-order chi connectivity index (χ0) is 8.43. The molecule has 0 aromatic heterocycles. The first-order valence-electron chi connectivity index (χ1n) is 3.49. The lowest BCUT2D eigenvalue weighted by molar-refractivity contribution is 0.103. The third-order valence-electron chi connectivity index (χ3n) is 1.84. The lowest BCUT2D eigenvalue weighted by atomic mass is 10.1. The van der Waals surface area contributed by atoms with Crippen LogP contribution in [-0.4, -0.2) is 41.4 Å².